The van der Waals surface area contributed by atoms with Gasteiger partial charge in [-0.2, -0.15) is 5.26 Å². The van der Waals surface area contributed by atoms with Gasteiger partial charge in [0.2, 0.25) is 0 Å². The smallest absolute Gasteiger partial charge is 0.141 e. The second-order valence-corrected chi connectivity index (χ2v) is 4.68. The molecule has 0 aliphatic heterocycles. The summed E-state index contributed by atoms with van der Waals surface area (Å²) in [5.41, 5.74) is 0.0634. The number of nitrogens with zero attached hydrogens (tertiary/aromatic N) is 1. The highest BCUT2D eigenvalue weighted by Crippen LogP contribution is 2.29. The van der Waals surface area contributed by atoms with E-state index in [0.717, 1.165) is 15.5 Å². The van der Waals surface area contributed by atoms with Crippen molar-refractivity contribution in [3.8, 4) is 11.8 Å². The Labute approximate surface area is 109 Å². The molecule has 90 valence electrons. The minimum Gasteiger partial charge on any atom is -0.497 e. The first-order valence-corrected chi connectivity index (χ1v) is 6.06. The second kappa shape index (κ2) is 5.56. The maximum atomic E-state index is 13.2. The molecule has 0 N–H and O–H groups in total. The number of halogens is 1. The molecule has 0 aliphatic rings. The number of ether oxygens (including phenoxy) is 1. The molecule has 0 saturated carbocycles. The maximum absolute atomic E-state index is 13.2. The first kappa shape index (κ1) is 12.5. The highest BCUT2D eigenvalue weighted by atomic mass is 32.2. The van der Waals surface area contributed by atoms with Gasteiger partial charge in [0.15, 0.2) is 0 Å². The average Bonchev–Trinajstić information content (AvgIpc) is 2.42. The zero-order chi connectivity index (χ0) is 13.0. The normalized spacial score (nSPS) is 9.83. The molecule has 0 saturated heterocycles. The van der Waals surface area contributed by atoms with E-state index in [1.807, 2.05) is 30.3 Å². The van der Waals surface area contributed by atoms with E-state index in [-0.39, 0.29) is 5.56 Å². The largest absolute Gasteiger partial charge is 0.497 e. The molecule has 0 fully saturated rings. The van der Waals surface area contributed by atoms with Crippen LogP contribution in [0.5, 0.6) is 5.75 Å². The van der Waals surface area contributed by atoms with Gasteiger partial charge in [-0.25, -0.2) is 4.39 Å². The van der Waals surface area contributed by atoms with Gasteiger partial charge in [-0.3, -0.25) is 0 Å². The Morgan fingerprint density at radius 1 is 1.11 bits per heavy atom. The molecular formula is C14H10FNOS. The summed E-state index contributed by atoms with van der Waals surface area (Å²) >= 11 is 1.47. The summed E-state index contributed by atoms with van der Waals surface area (Å²) in [5.74, 6) is 0.299. The zero-order valence-corrected chi connectivity index (χ0v) is 10.5. The van der Waals surface area contributed by atoms with Gasteiger partial charge in [-0.15, -0.1) is 0 Å². The van der Waals surface area contributed by atoms with Gasteiger partial charge in [0.1, 0.15) is 17.6 Å². The molecular weight excluding hydrogens is 249 g/mol. The van der Waals surface area contributed by atoms with Crippen LogP contribution in [0.15, 0.2) is 52.3 Å². The van der Waals surface area contributed by atoms with Crippen molar-refractivity contribution >= 4 is 11.8 Å². The molecule has 0 spiro atoms. The molecule has 0 aromatic heterocycles. The van der Waals surface area contributed by atoms with E-state index in [4.69, 9.17) is 10.00 Å². The SMILES string of the molecule is COc1ccc(Sc2ccc(F)c(C#N)c2)cc1. The molecule has 0 unspecified atom stereocenters. The summed E-state index contributed by atoms with van der Waals surface area (Å²) in [4.78, 5) is 1.84. The van der Waals surface area contributed by atoms with Crippen LogP contribution in [0.4, 0.5) is 4.39 Å². The Bertz CT molecular complexity index is 590. The van der Waals surface area contributed by atoms with E-state index >= 15 is 0 Å². The Hall–Kier alpha value is -1.99. The van der Waals surface area contributed by atoms with Crippen LogP contribution in [0, 0.1) is 17.1 Å². The number of hydrogen-bond donors (Lipinski definition) is 0. The predicted molar refractivity (Wildman–Crippen MR) is 68.2 cm³/mol. The number of benzene rings is 2. The number of methoxy groups -OCH3 is 1. The third kappa shape index (κ3) is 2.82. The van der Waals surface area contributed by atoms with Crippen LogP contribution in [0.2, 0.25) is 0 Å². The minimum atomic E-state index is -0.489. The Morgan fingerprint density at radius 3 is 2.39 bits per heavy atom. The fraction of sp³-hybridized carbons (Fsp3) is 0.0714. The van der Waals surface area contributed by atoms with Crippen molar-refractivity contribution in [3.63, 3.8) is 0 Å². The van der Waals surface area contributed by atoms with E-state index in [1.165, 1.54) is 17.8 Å². The number of rotatable bonds is 3. The van der Waals surface area contributed by atoms with Crippen molar-refractivity contribution in [2.45, 2.75) is 9.79 Å². The van der Waals surface area contributed by atoms with E-state index in [2.05, 4.69) is 0 Å². The van der Waals surface area contributed by atoms with Gasteiger partial charge in [0.25, 0.3) is 0 Å². The molecule has 4 heteroatoms. The van der Waals surface area contributed by atoms with E-state index in [1.54, 1.807) is 19.2 Å². The molecule has 2 aromatic rings. The van der Waals surface area contributed by atoms with Crippen LogP contribution in [-0.2, 0) is 0 Å². The third-order valence-corrected chi connectivity index (χ3v) is 3.35. The molecule has 0 atom stereocenters. The van der Waals surface area contributed by atoms with Crippen LogP contribution >= 0.6 is 11.8 Å². The summed E-state index contributed by atoms with van der Waals surface area (Å²) in [7, 11) is 1.61. The summed E-state index contributed by atoms with van der Waals surface area (Å²) in [6.45, 7) is 0. The van der Waals surface area contributed by atoms with Crippen LogP contribution in [0.3, 0.4) is 0 Å². The molecule has 2 rings (SSSR count). The number of hydrogen-bond acceptors (Lipinski definition) is 3. The van der Waals surface area contributed by atoms with Gasteiger partial charge in [0.05, 0.1) is 12.7 Å². The molecule has 2 nitrogen and oxygen atoms in total. The first-order chi connectivity index (χ1) is 8.72. The highest BCUT2D eigenvalue weighted by Gasteiger charge is 2.04. The minimum absolute atomic E-state index is 0.0634. The highest BCUT2D eigenvalue weighted by molar-refractivity contribution is 7.99. The van der Waals surface area contributed by atoms with E-state index in [9.17, 15) is 4.39 Å². The lowest BCUT2D eigenvalue weighted by atomic mass is 10.2. The van der Waals surface area contributed by atoms with E-state index < -0.39 is 5.82 Å². The molecule has 0 radical (unpaired) electrons. The zero-order valence-electron chi connectivity index (χ0n) is 9.68. The fourth-order valence-corrected chi connectivity index (χ4v) is 2.29. The summed E-state index contributed by atoms with van der Waals surface area (Å²) in [6.07, 6.45) is 0. The standard InChI is InChI=1S/C14H10FNOS/c1-17-11-2-4-12(5-3-11)18-13-6-7-14(15)10(8-13)9-16/h2-8H,1H3. The van der Waals surface area contributed by atoms with Crippen LogP contribution in [0.25, 0.3) is 0 Å². The van der Waals surface area contributed by atoms with Gasteiger partial charge in [0, 0.05) is 9.79 Å². The monoisotopic (exact) mass is 259 g/mol. The lowest BCUT2D eigenvalue weighted by molar-refractivity contribution is 0.414. The second-order valence-electron chi connectivity index (χ2n) is 3.53. The quantitative estimate of drug-likeness (QED) is 0.839. The van der Waals surface area contributed by atoms with Crippen LogP contribution < -0.4 is 4.74 Å². The lowest BCUT2D eigenvalue weighted by Crippen LogP contribution is -1.84. The van der Waals surface area contributed by atoms with Crippen LogP contribution in [-0.4, -0.2) is 7.11 Å². The summed E-state index contributed by atoms with van der Waals surface area (Å²) in [6, 6.07) is 13.9. The van der Waals surface area contributed by atoms with E-state index in [0.29, 0.717) is 0 Å². The fourth-order valence-electron chi connectivity index (χ4n) is 1.43. The Balaban J connectivity index is 2.20. The molecule has 2 aromatic carbocycles. The van der Waals surface area contributed by atoms with Gasteiger partial charge >= 0.3 is 0 Å². The summed E-state index contributed by atoms with van der Waals surface area (Å²) in [5, 5.41) is 8.76. The average molecular weight is 259 g/mol. The summed E-state index contributed by atoms with van der Waals surface area (Å²) < 4.78 is 18.2. The molecule has 0 amide bonds. The van der Waals surface area contributed by atoms with Crippen molar-refractivity contribution < 1.29 is 9.13 Å². The molecule has 18 heavy (non-hydrogen) atoms. The van der Waals surface area contributed by atoms with Crippen molar-refractivity contribution in [1.82, 2.24) is 0 Å². The Kier molecular flexibility index (Phi) is 3.85. The van der Waals surface area contributed by atoms with Gasteiger partial charge in [-0.05, 0) is 42.5 Å². The Morgan fingerprint density at radius 2 is 1.78 bits per heavy atom. The number of nitriles is 1. The molecule has 0 aliphatic carbocycles. The first-order valence-electron chi connectivity index (χ1n) is 5.24. The predicted octanol–water partition coefficient (Wildman–Crippen LogP) is 3.86. The van der Waals surface area contributed by atoms with Gasteiger partial charge in [-0.1, -0.05) is 11.8 Å². The van der Waals surface area contributed by atoms with Crippen molar-refractivity contribution in [3.05, 3.63) is 53.8 Å². The molecule has 0 bridgehead atoms. The van der Waals surface area contributed by atoms with Crippen molar-refractivity contribution in [2.75, 3.05) is 7.11 Å². The lowest BCUT2D eigenvalue weighted by Gasteiger charge is -2.04. The van der Waals surface area contributed by atoms with Crippen LogP contribution in [0.1, 0.15) is 5.56 Å². The topological polar surface area (TPSA) is 33.0 Å². The van der Waals surface area contributed by atoms with Gasteiger partial charge < -0.3 is 4.74 Å². The molecule has 0 heterocycles. The van der Waals surface area contributed by atoms with Crippen molar-refractivity contribution in [2.24, 2.45) is 0 Å². The maximum Gasteiger partial charge on any atom is 0.141 e. The van der Waals surface area contributed by atoms with Crippen molar-refractivity contribution in [1.29, 1.82) is 5.26 Å². The third-order valence-electron chi connectivity index (χ3n) is 2.35.